The van der Waals surface area contributed by atoms with Crippen LogP contribution < -0.4 is 4.74 Å². The summed E-state index contributed by atoms with van der Waals surface area (Å²) in [6, 6.07) is 0. The van der Waals surface area contributed by atoms with Crippen LogP contribution in [0.4, 0.5) is 0 Å². The van der Waals surface area contributed by atoms with Crippen LogP contribution in [0.15, 0.2) is 12.4 Å². The molecule has 0 saturated heterocycles. The molecule has 0 bridgehead atoms. The molecule has 0 saturated carbocycles. The Morgan fingerprint density at radius 3 is 2.76 bits per heavy atom. The number of ether oxygens (including phenoxy) is 1. The first kappa shape index (κ1) is 14.1. The van der Waals surface area contributed by atoms with Crippen molar-refractivity contribution in [2.45, 2.75) is 59.4 Å². The molecule has 1 aromatic heterocycles. The van der Waals surface area contributed by atoms with Crippen LogP contribution in [0, 0.1) is 5.92 Å². The van der Waals surface area contributed by atoms with Gasteiger partial charge in [-0.15, -0.1) is 0 Å². The molecule has 0 radical (unpaired) electrons. The summed E-state index contributed by atoms with van der Waals surface area (Å²) in [5, 5.41) is 4.26. The molecule has 1 aromatic rings. The SMILES string of the molecule is CCCCC(CC)COc1cnn(CCC)c1. The summed E-state index contributed by atoms with van der Waals surface area (Å²) in [5.74, 6) is 1.60. The lowest BCUT2D eigenvalue weighted by atomic mass is 10.0. The molecule has 1 unspecified atom stereocenters. The number of hydrogen-bond donors (Lipinski definition) is 0. The number of rotatable bonds is 9. The molecular weight excluding hydrogens is 212 g/mol. The van der Waals surface area contributed by atoms with E-state index in [0.29, 0.717) is 5.92 Å². The maximum absolute atomic E-state index is 5.80. The van der Waals surface area contributed by atoms with Crippen LogP contribution in [0.25, 0.3) is 0 Å². The number of aryl methyl sites for hydroxylation is 1. The Morgan fingerprint density at radius 2 is 2.12 bits per heavy atom. The standard InChI is InChI=1S/C14H26N2O/c1-4-7-8-13(6-3)12-17-14-10-15-16(11-14)9-5-2/h10-11,13H,4-9,12H2,1-3H3. The maximum atomic E-state index is 5.80. The van der Waals surface area contributed by atoms with E-state index in [-0.39, 0.29) is 0 Å². The molecule has 17 heavy (non-hydrogen) atoms. The lowest BCUT2D eigenvalue weighted by Gasteiger charge is -2.14. The Kier molecular flexibility index (Phi) is 6.75. The van der Waals surface area contributed by atoms with Crippen LogP contribution in [0.2, 0.25) is 0 Å². The van der Waals surface area contributed by atoms with Crippen molar-refractivity contribution in [2.24, 2.45) is 5.92 Å². The number of nitrogens with zero attached hydrogens (tertiary/aromatic N) is 2. The number of hydrogen-bond acceptors (Lipinski definition) is 2. The predicted molar refractivity (Wildman–Crippen MR) is 71.3 cm³/mol. The second-order valence-electron chi connectivity index (χ2n) is 4.67. The Balaban J connectivity index is 2.31. The van der Waals surface area contributed by atoms with Crippen molar-refractivity contribution in [1.29, 1.82) is 0 Å². The lowest BCUT2D eigenvalue weighted by Crippen LogP contribution is -2.11. The molecule has 0 amide bonds. The van der Waals surface area contributed by atoms with Gasteiger partial charge in [-0.1, -0.05) is 40.0 Å². The highest BCUT2D eigenvalue weighted by Gasteiger charge is 2.07. The number of unbranched alkanes of at least 4 members (excludes halogenated alkanes) is 1. The second kappa shape index (κ2) is 8.15. The molecule has 0 aliphatic heterocycles. The van der Waals surface area contributed by atoms with Crippen LogP contribution in [-0.4, -0.2) is 16.4 Å². The Bertz CT molecular complexity index is 296. The van der Waals surface area contributed by atoms with E-state index in [0.717, 1.165) is 25.3 Å². The fourth-order valence-electron chi connectivity index (χ4n) is 1.88. The van der Waals surface area contributed by atoms with Crippen molar-refractivity contribution in [3.05, 3.63) is 12.4 Å². The van der Waals surface area contributed by atoms with Gasteiger partial charge in [0, 0.05) is 6.54 Å². The third kappa shape index (κ3) is 5.24. The molecule has 3 heteroatoms. The Hall–Kier alpha value is -0.990. The molecule has 0 aliphatic carbocycles. The van der Waals surface area contributed by atoms with Gasteiger partial charge in [0.15, 0.2) is 5.75 Å². The van der Waals surface area contributed by atoms with Gasteiger partial charge < -0.3 is 4.74 Å². The van der Waals surface area contributed by atoms with Crippen LogP contribution in [0.3, 0.4) is 0 Å². The largest absolute Gasteiger partial charge is 0.490 e. The summed E-state index contributed by atoms with van der Waals surface area (Å²) < 4.78 is 7.75. The van der Waals surface area contributed by atoms with Gasteiger partial charge in [-0.05, 0) is 18.8 Å². The highest BCUT2D eigenvalue weighted by Crippen LogP contribution is 2.16. The van der Waals surface area contributed by atoms with Crippen molar-refractivity contribution in [2.75, 3.05) is 6.61 Å². The van der Waals surface area contributed by atoms with Crippen LogP contribution >= 0.6 is 0 Å². The normalized spacial score (nSPS) is 12.6. The summed E-state index contributed by atoms with van der Waals surface area (Å²) in [6.45, 7) is 8.43. The van der Waals surface area contributed by atoms with Crippen molar-refractivity contribution < 1.29 is 4.74 Å². The molecule has 0 fully saturated rings. The van der Waals surface area contributed by atoms with E-state index in [1.54, 1.807) is 0 Å². The topological polar surface area (TPSA) is 27.1 Å². The summed E-state index contributed by atoms with van der Waals surface area (Å²) in [4.78, 5) is 0. The first-order valence-electron chi connectivity index (χ1n) is 6.95. The smallest absolute Gasteiger partial charge is 0.157 e. The minimum Gasteiger partial charge on any atom is -0.490 e. The molecule has 0 N–H and O–H groups in total. The van der Waals surface area contributed by atoms with E-state index in [2.05, 4.69) is 25.9 Å². The van der Waals surface area contributed by atoms with Gasteiger partial charge in [0.2, 0.25) is 0 Å². The van der Waals surface area contributed by atoms with Gasteiger partial charge in [-0.25, -0.2) is 0 Å². The maximum Gasteiger partial charge on any atom is 0.157 e. The van der Waals surface area contributed by atoms with Crippen LogP contribution in [-0.2, 0) is 6.54 Å². The van der Waals surface area contributed by atoms with Crippen molar-refractivity contribution in [1.82, 2.24) is 9.78 Å². The lowest BCUT2D eigenvalue weighted by molar-refractivity contribution is 0.233. The molecule has 1 heterocycles. The van der Waals surface area contributed by atoms with Gasteiger partial charge in [0.25, 0.3) is 0 Å². The molecule has 3 nitrogen and oxygen atoms in total. The first-order valence-corrected chi connectivity index (χ1v) is 6.95. The van der Waals surface area contributed by atoms with E-state index in [9.17, 15) is 0 Å². The minimum absolute atomic E-state index is 0.685. The predicted octanol–water partition coefficient (Wildman–Crippen LogP) is 3.89. The fraction of sp³-hybridized carbons (Fsp3) is 0.786. The minimum atomic E-state index is 0.685. The summed E-state index contributed by atoms with van der Waals surface area (Å²) >= 11 is 0. The van der Waals surface area contributed by atoms with E-state index in [1.165, 1.54) is 25.7 Å². The third-order valence-electron chi connectivity index (χ3n) is 3.09. The van der Waals surface area contributed by atoms with Gasteiger partial charge in [0.05, 0.1) is 19.0 Å². The summed E-state index contributed by atoms with van der Waals surface area (Å²) in [5.41, 5.74) is 0. The van der Waals surface area contributed by atoms with Gasteiger partial charge in [0.1, 0.15) is 0 Å². The van der Waals surface area contributed by atoms with E-state index >= 15 is 0 Å². The van der Waals surface area contributed by atoms with Gasteiger partial charge in [-0.3, -0.25) is 4.68 Å². The molecular formula is C14H26N2O. The molecule has 1 rings (SSSR count). The third-order valence-corrected chi connectivity index (χ3v) is 3.09. The number of aromatic nitrogens is 2. The Morgan fingerprint density at radius 1 is 1.29 bits per heavy atom. The highest BCUT2D eigenvalue weighted by molar-refractivity contribution is 5.11. The second-order valence-corrected chi connectivity index (χ2v) is 4.67. The average molecular weight is 238 g/mol. The van der Waals surface area contributed by atoms with Crippen molar-refractivity contribution >= 4 is 0 Å². The van der Waals surface area contributed by atoms with Crippen LogP contribution in [0.5, 0.6) is 5.75 Å². The fourth-order valence-corrected chi connectivity index (χ4v) is 1.88. The molecule has 0 aromatic carbocycles. The van der Waals surface area contributed by atoms with Crippen molar-refractivity contribution in [3.63, 3.8) is 0 Å². The zero-order chi connectivity index (χ0) is 12.5. The van der Waals surface area contributed by atoms with E-state index < -0.39 is 0 Å². The molecule has 0 aliphatic rings. The first-order chi connectivity index (χ1) is 8.30. The van der Waals surface area contributed by atoms with E-state index in [4.69, 9.17) is 4.74 Å². The zero-order valence-electron chi connectivity index (χ0n) is 11.5. The monoisotopic (exact) mass is 238 g/mol. The molecule has 0 spiro atoms. The highest BCUT2D eigenvalue weighted by atomic mass is 16.5. The summed E-state index contributed by atoms with van der Waals surface area (Å²) in [6.07, 6.45) is 9.97. The molecule has 98 valence electrons. The van der Waals surface area contributed by atoms with E-state index in [1.807, 2.05) is 17.1 Å². The Labute approximate surface area is 105 Å². The van der Waals surface area contributed by atoms with Gasteiger partial charge in [-0.2, -0.15) is 5.10 Å². The zero-order valence-corrected chi connectivity index (χ0v) is 11.5. The summed E-state index contributed by atoms with van der Waals surface area (Å²) in [7, 11) is 0. The average Bonchev–Trinajstić information content (AvgIpc) is 2.78. The van der Waals surface area contributed by atoms with Crippen LogP contribution in [0.1, 0.15) is 52.9 Å². The van der Waals surface area contributed by atoms with Crippen molar-refractivity contribution in [3.8, 4) is 5.75 Å². The quantitative estimate of drug-likeness (QED) is 0.652. The van der Waals surface area contributed by atoms with Gasteiger partial charge >= 0.3 is 0 Å². The molecule has 1 atom stereocenters.